The summed E-state index contributed by atoms with van der Waals surface area (Å²) in [4.78, 5) is 0. The highest BCUT2D eigenvalue weighted by atomic mass is 79.9. The first kappa shape index (κ1) is 16.5. The highest BCUT2D eigenvalue weighted by Gasteiger charge is 2.20. The van der Waals surface area contributed by atoms with Crippen molar-refractivity contribution in [2.45, 2.75) is 26.3 Å². The van der Waals surface area contributed by atoms with E-state index in [9.17, 15) is 0 Å². The summed E-state index contributed by atoms with van der Waals surface area (Å²) in [7, 11) is 0. The molecular formula is C15H16Br2ClNS. The van der Waals surface area contributed by atoms with Gasteiger partial charge in [0.05, 0.1) is 13.6 Å². The van der Waals surface area contributed by atoms with Crippen LogP contribution in [-0.2, 0) is 0 Å². The van der Waals surface area contributed by atoms with Crippen LogP contribution in [0.25, 0.3) is 0 Å². The van der Waals surface area contributed by atoms with Crippen molar-refractivity contribution in [3.05, 3.63) is 53.6 Å². The Morgan fingerprint density at radius 1 is 1.25 bits per heavy atom. The standard InChI is InChI=1S/C15H16Br2ClNS/c1-3-6-19-14(11-8-13(16)20-15(11)17)10-5-4-9(2)7-12(10)18/h4-5,7-8,14,19H,3,6H2,1-2H3. The van der Waals surface area contributed by atoms with Gasteiger partial charge in [0.15, 0.2) is 0 Å². The second-order valence-electron chi connectivity index (χ2n) is 4.69. The van der Waals surface area contributed by atoms with Gasteiger partial charge in [-0.05, 0) is 80.6 Å². The summed E-state index contributed by atoms with van der Waals surface area (Å²) in [6, 6.07) is 8.51. The van der Waals surface area contributed by atoms with Crippen molar-refractivity contribution >= 4 is 54.8 Å². The maximum absolute atomic E-state index is 6.45. The maximum atomic E-state index is 6.45. The summed E-state index contributed by atoms with van der Waals surface area (Å²) in [6.07, 6.45) is 1.09. The number of rotatable bonds is 5. The molecule has 1 heterocycles. The zero-order valence-electron chi connectivity index (χ0n) is 11.3. The number of aryl methyl sites for hydroxylation is 1. The van der Waals surface area contributed by atoms with Gasteiger partial charge < -0.3 is 5.32 Å². The lowest BCUT2D eigenvalue weighted by Gasteiger charge is -2.20. The molecule has 0 bridgehead atoms. The smallest absolute Gasteiger partial charge is 0.0761 e. The van der Waals surface area contributed by atoms with E-state index in [1.54, 1.807) is 11.3 Å². The molecule has 108 valence electrons. The van der Waals surface area contributed by atoms with Crippen molar-refractivity contribution < 1.29 is 0 Å². The predicted octanol–water partition coefficient (Wildman–Crippen LogP) is 6.32. The van der Waals surface area contributed by atoms with Gasteiger partial charge in [-0.25, -0.2) is 0 Å². The average Bonchev–Trinajstić information content (AvgIpc) is 2.71. The third kappa shape index (κ3) is 3.86. The molecule has 1 aromatic carbocycles. The molecule has 0 saturated heterocycles. The molecule has 0 aliphatic carbocycles. The van der Waals surface area contributed by atoms with Crippen molar-refractivity contribution in [2.24, 2.45) is 0 Å². The van der Waals surface area contributed by atoms with Gasteiger partial charge in [-0.1, -0.05) is 30.7 Å². The first-order valence-corrected chi connectivity index (χ1v) is 9.25. The molecule has 0 fully saturated rings. The summed E-state index contributed by atoms with van der Waals surface area (Å²) in [6.45, 7) is 5.18. The molecule has 1 nitrogen and oxygen atoms in total. The van der Waals surface area contributed by atoms with Gasteiger partial charge in [0.1, 0.15) is 0 Å². The van der Waals surface area contributed by atoms with E-state index in [1.165, 1.54) is 11.1 Å². The van der Waals surface area contributed by atoms with E-state index in [0.717, 1.165) is 31.1 Å². The van der Waals surface area contributed by atoms with Gasteiger partial charge in [-0.15, -0.1) is 11.3 Å². The zero-order valence-corrected chi connectivity index (χ0v) is 16.1. The van der Waals surface area contributed by atoms with Crippen LogP contribution in [-0.4, -0.2) is 6.54 Å². The monoisotopic (exact) mass is 435 g/mol. The number of benzene rings is 1. The molecule has 0 radical (unpaired) electrons. The summed E-state index contributed by atoms with van der Waals surface area (Å²) >= 11 is 15.3. The molecule has 1 N–H and O–H groups in total. The quantitative estimate of drug-likeness (QED) is 0.577. The van der Waals surface area contributed by atoms with Crippen LogP contribution in [0, 0.1) is 6.92 Å². The van der Waals surface area contributed by atoms with Crippen molar-refractivity contribution in [3.8, 4) is 0 Å². The molecule has 0 aliphatic rings. The van der Waals surface area contributed by atoms with E-state index in [-0.39, 0.29) is 6.04 Å². The second kappa shape index (κ2) is 7.41. The van der Waals surface area contributed by atoms with E-state index in [0.29, 0.717) is 0 Å². The number of hydrogen-bond acceptors (Lipinski definition) is 2. The lowest BCUT2D eigenvalue weighted by Crippen LogP contribution is -2.23. The number of halogens is 3. The minimum atomic E-state index is 0.111. The molecule has 2 aromatic rings. The van der Waals surface area contributed by atoms with Gasteiger partial charge in [-0.2, -0.15) is 0 Å². The predicted molar refractivity (Wildman–Crippen MR) is 96.0 cm³/mol. The zero-order chi connectivity index (χ0) is 14.7. The van der Waals surface area contributed by atoms with Crippen molar-refractivity contribution in [3.63, 3.8) is 0 Å². The van der Waals surface area contributed by atoms with Gasteiger partial charge >= 0.3 is 0 Å². The third-order valence-electron chi connectivity index (χ3n) is 3.06. The van der Waals surface area contributed by atoms with Crippen LogP contribution >= 0.6 is 54.8 Å². The molecule has 0 aliphatic heterocycles. The second-order valence-corrected chi connectivity index (χ2v) is 8.85. The molecule has 1 atom stereocenters. The van der Waals surface area contributed by atoms with E-state index in [4.69, 9.17) is 11.6 Å². The van der Waals surface area contributed by atoms with Gasteiger partial charge in [-0.3, -0.25) is 0 Å². The molecule has 20 heavy (non-hydrogen) atoms. The van der Waals surface area contributed by atoms with Gasteiger partial charge in [0.2, 0.25) is 0 Å². The largest absolute Gasteiger partial charge is 0.306 e. The molecule has 1 unspecified atom stereocenters. The molecule has 5 heteroatoms. The molecule has 1 aromatic heterocycles. The van der Waals surface area contributed by atoms with Gasteiger partial charge in [0, 0.05) is 5.02 Å². The van der Waals surface area contributed by atoms with Crippen LogP contribution in [0.1, 0.15) is 36.1 Å². The minimum absolute atomic E-state index is 0.111. The lowest BCUT2D eigenvalue weighted by atomic mass is 10.00. The fraction of sp³-hybridized carbons (Fsp3) is 0.333. The van der Waals surface area contributed by atoms with Gasteiger partial charge in [0.25, 0.3) is 0 Å². The normalized spacial score (nSPS) is 12.7. The number of nitrogens with one attached hydrogen (secondary N) is 1. The Labute approximate surface area is 146 Å². The highest BCUT2D eigenvalue weighted by Crippen LogP contribution is 2.39. The van der Waals surface area contributed by atoms with Crippen LogP contribution in [0.4, 0.5) is 0 Å². The fourth-order valence-corrected chi connectivity index (χ4v) is 5.34. The van der Waals surface area contributed by atoms with Crippen LogP contribution < -0.4 is 5.32 Å². The molecule has 0 spiro atoms. The molecule has 0 amide bonds. The van der Waals surface area contributed by atoms with Crippen LogP contribution in [0.5, 0.6) is 0 Å². The van der Waals surface area contributed by atoms with Crippen LogP contribution in [0.15, 0.2) is 31.8 Å². The highest BCUT2D eigenvalue weighted by molar-refractivity contribution is 9.12. The lowest BCUT2D eigenvalue weighted by molar-refractivity contribution is 0.598. The van der Waals surface area contributed by atoms with Crippen LogP contribution in [0.3, 0.4) is 0 Å². The summed E-state index contributed by atoms with van der Waals surface area (Å²) < 4.78 is 2.25. The molecule has 2 rings (SSSR count). The van der Waals surface area contributed by atoms with Crippen LogP contribution in [0.2, 0.25) is 5.02 Å². The number of thiophene rings is 1. The average molecular weight is 438 g/mol. The Hall–Kier alpha value is 0.130. The molecule has 0 saturated carbocycles. The maximum Gasteiger partial charge on any atom is 0.0761 e. The Bertz CT molecular complexity index is 598. The Morgan fingerprint density at radius 3 is 2.55 bits per heavy atom. The fourth-order valence-electron chi connectivity index (χ4n) is 2.09. The van der Waals surface area contributed by atoms with Crippen molar-refractivity contribution in [1.82, 2.24) is 5.32 Å². The first-order chi connectivity index (χ1) is 9.52. The SMILES string of the molecule is CCCNC(c1ccc(C)cc1Cl)c1cc(Br)sc1Br. The van der Waals surface area contributed by atoms with E-state index >= 15 is 0 Å². The number of hydrogen-bond donors (Lipinski definition) is 1. The summed E-state index contributed by atoms with van der Waals surface area (Å²) in [5.41, 5.74) is 3.52. The van der Waals surface area contributed by atoms with E-state index < -0.39 is 0 Å². The molecular weight excluding hydrogens is 422 g/mol. The first-order valence-electron chi connectivity index (χ1n) is 6.47. The summed E-state index contributed by atoms with van der Waals surface area (Å²) in [5, 5.41) is 4.40. The Morgan fingerprint density at radius 2 is 2.00 bits per heavy atom. The van der Waals surface area contributed by atoms with E-state index in [1.807, 2.05) is 6.07 Å². The topological polar surface area (TPSA) is 12.0 Å². The van der Waals surface area contributed by atoms with Crippen molar-refractivity contribution in [2.75, 3.05) is 6.54 Å². The third-order valence-corrected chi connectivity index (χ3v) is 5.77. The minimum Gasteiger partial charge on any atom is -0.306 e. The summed E-state index contributed by atoms with van der Waals surface area (Å²) in [5.74, 6) is 0. The van der Waals surface area contributed by atoms with Crippen molar-refractivity contribution in [1.29, 1.82) is 0 Å². The Balaban J connectivity index is 2.44. The van der Waals surface area contributed by atoms with E-state index in [2.05, 4.69) is 69.2 Å². The Kier molecular flexibility index (Phi) is 6.11.